The second-order valence-corrected chi connectivity index (χ2v) is 9.55. The van der Waals surface area contributed by atoms with E-state index in [4.69, 9.17) is 4.42 Å². The maximum Gasteiger partial charge on any atom is 0.258 e. The number of aromatic nitrogens is 4. The molecule has 2 fully saturated rings. The highest BCUT2D eigenvalue weighted by molar-refractivity contribution is 6.10. The van der Waals surface area contributed by atoms with Crippen molar-refractivity contribution >= 4 is 28.6 Å². The van der Waals surface area contributed by atoms with Crippen molar-refractivity contribution in [1.82, 2.24) is 24.8 Å². The van der Waals surface area contributed by atoms with Crippen LogP contribution in [0.5, 0.6) is 0 Å². The number of nitrogens with zero attached hydrogens (tertiary/aromatic N) is 6. The van der Waals surface area contributed by atoms with Crippen LogP contribution < -0.4 is 10.2 Å². The standard InChI is InChI=1S/C23H26FN7O2/c1-13-17(18-19(29-23(2)5-6-23)26-12-28-21(18)33-13)22(32)31-8-4-15-16(10-31)25-11-27-20(15)30-7-3-14(24)9-30/h11-12,14H,3-10H2,1-2H3,(H,26,28,29)/t14-/m1/s1. The van der Waals surface area contributed by atoms with Gasteiger partial charge in [0.15, 0.2) is 0 Å². The van der Waals surface area contributed by atoms with Crippen LogP contribution in [0.1, 0.15) is 53.6 Å². The van der Waals surface area contributed by atoms with Crippen molar-refractivity contribution in [1.29, 1.82) is 0 Å². The van der Waals surface area contributed by atoms with Crippen LogP contribution in [0, 0.1) is 6.92 Å². The molecular formula is C23H26FN7O2. The molecule has 5 heterocycles. The second kappa shape index (κ2) is 7.36. The topological polar surface area (TPSA) is 100 Å². The van der Waals surface area contributed by atoms with Crippen molar-refractivity contribution in [3.63, 3.8) is 0 Å². The Morgan fingerprint density at radius 3 is 2.79 bits per heavy atom. The van der Waals surface area contributed by atoms with Crippen LogP contribution in [0.4, 0.5) is 16.0 Å². The predicted molar refractivity (Wildman–Crippen MR) is 120 cm³/mol. The summed E-state index contributed by atoms with van der Waals surface area (Å²) in [5.41, 5.74) is 2.73. The van der Waals surface area contributed by atoms with Crippen molar-refractivity contribution in [3.8, 4) is 0 Å². The van der Waals surface area contributed by atoms with E-state index in [1.807, 2.05) is 4.90 Å². The molecule has 1 amide bonds. The van der Waals surface area contributed by atoms with Crippen LogP contribution in [0.2, 0.25) is 0 Å². The van der Waals surface area contributed by atoms with Crippen LogP contribution in [-0.4, -0.2) is 62.1 Å². The van der Waals surface area contributed by atoms with Crippen LogP contribution in [0.3, 0.4) is 0 Å². The fourth-order valence-corrected chi connectivity index (χ4v) is 4.85. The number of carbonyl (C=O) groups excluding carboxylic acids is 1. The van der Waals surface area contributed by atoms with Crippen molar-refractivity contribution in [3.05, 3.63) is 35.2 Å². The third-order valence-electron chi connectivity index (χ3n) is 7.00. The van der Waals surface area contributed by atoms with Gasteiger partial charge in [-0.15, -0.1) is 0 Å². The molecule has 2 aliphatic heterocycles. The highest BCUT2D eigenvalue weighted by atomic mass is 19.1. The molecule has 3 aromatic heterocycles. The number of alkyl halides is 1. The first-order valence-corrected chi connectivity index (χ1v) is 11.5. The van der Waals surface area contributed by atoms with E-state index in [0.717, 1.165) is 29.9 Å². The Kier molecular flexibility index (Phi) is 4.53. The van der Waals surface area contributed by atoms with E-state index in [-0.39, 0.29) is 11.4 Å². The molecule has 10 heteroatoms. The summed E-state index contributed by atoms with van der Waals surface area (Å²) in [6, 6.07) is 0. The largest absolute Gasteiger partial charge is 0.442 e. The van der Waals surface area contributed by atoms with Crippen molar-refractivity contribution < 1.29 is 13.6 Å². The number of fused-ring (bicyclic) bond motifs is 2. The summed E-state index contributed by atoms with van der Waals surface area (Å²) >= 11 is 0. The zero-order chi connectivity index (χ0) is 22.7. The molecule has 0 bridgehead atoms. The van der Waals surface area contributed by atoms with Gasteiger partial charge in [-0.2, -0.15) is 0 Å². The minimum atomic E-state index is -0.822. The van der Waals surface area contributed by atoms with E-state index in [0.29, 0.717) is 67.3 Å². The Morgan fingerprint density at radius 1 is 1.21 bits per heavy atom. The summed E-state index contributed by atoms with van der Waals surface area (Å²) in [4.78, 5) is 35.1. The minimum Gasteiger partial charge on any atom is -0.442 e. The average molecular weight is 452 g/mol. The Balaban J connectivity index is 1.32. The Hall–Kier alpha value is -3.30. The number of amides is 1. The number of furan rings is 1. The Bertz CT molecular complexity index is 1260. The fourth-order valence-electron chi connectivity index (χ4n) is 4.85. The fraction of sp³-hybridized carbons (Fsp3) is 0.522. The number of rotatable bonds is 4. The molecule has 3 aliphatic rings. The van der Waals surface area contributed by atoms with E-state index < -0.39 is 6.17 Å². The van der Waals surface area contributed by atoms with Gasteiger partial charge in [-0.05, 0) is 39.5 Å². The quantitative estimate of drug-likeness (QED) is 0.646. The molecule has 9 nitrogen and oxygen atoms in total. The normalized spacial score (nSPS) is 21.4. The summed E-state index contributed by atoms with van der Waals surface area (Å²) in [5.74, 6) is 1.84. The SMILES string of the molecule is Cc1oc2ncnc(NC3(C)CC3)c2c1C(=O)N1CCc2c(ncnc2N2CC[C@@H](F)C2)C1. The summed E-state index contributed by atoms with van der Waals surface area (Å²) in [6.07, 6.45) is 5.42. The molecule has 1 aliphatic carbocycles. The molecular weight excluding hydrogens is 425 g/mol. The molecule has 0 unspecified atom stereocenters. The van der Waals surface area contributed by atoms with E-state index in [1.54, 1.807) is 11.8 Å². The van der Waals surface area contributed by atoms with Gasteiger partial charge < -0.3 is 19.5 Å². The summed E-state index contributed by atoms with van der Waals surface area (Å²) in [7, 11) is 0. The molecule has 172 valence electrons. The van der Waals surface area contributed by atoms with Crippen molar-refractivity contribution in [2.75, 3.05) is 29.9 Å². The maximum absolute atomic E-state index is 13.8. The number of hydrogen-bond acceptors (Lipinski definition) is 8. The smallest absolute Gasteiger partial charge is 0.258 e. The molecule has 1 atom stereocenters. The maximum atomic E-state index is 13.8. The van der Waals surface area contributed by atoms with Crippen LogP contribution in [0.15, 0.2) is 17.1 Å². The van der Waals surface area contributed by atoms with Gasteiger partial charge in [0.25, 0.3) is 5.91 Å². The highest BCUT2D eigenvalue weighted by Crippen LogP contribution is 2.40. The number of carbonyl (C=O) groups is 1. The zero-order valence-corrected chi connectivity index (χ0v) is 18.8. The number of hydrogen-bond donors (Lipinski definition) is 1. The molecule has 3 aromatic rings. The molecule has 0 spiro atoms. The molecule has 6 rings (SSSR count). The first-order valence-electron chi connectivity index (χ1n) is 11.5. The number of halogens is 1. The van der Waals surface area contributed by atoms with E-state index in [9.17, 15) is 9.18 Å². The molecule has 1 N–H and O–H groups in total. The predicted octanol–water partition coefficient (Wildman–Crippen LogP) is 3.03. The summed E-state index contributed by atoms with van der Waals surface area (Å²) < 4.78 is 19.6. The Morgan fingerprint density at radius 2 is 2.03 bits per heavy atom. The highest BCUT2D eigenvalue weighted by Gasteiger charge is 2.39. The molecule has 1 saturated heterocycles. The van der Waals surface area contributed by atoms with E-state index in [2.05, 4.69) is 32.2 Å². The van der Waals surface area contributed by atoms with Gasteiger partial charge in [0, 0.05) is 24.2 Å². The minimum absolute atomic E-state index is 0.00164. The van der Waals surface area contributed by atoms with Gasteiger partial charge in [0.1, 0.15) is 36.2 Å². The second-order valence-electron chi connectivity index (χ2n) is 9.55. The lowest BCUT2D eigenvalue weighted by Crippen LogP contribution is -2.38. The number of anilines is 2. The first-order chi connectivity index (χ1) is 15.9. The van der Waals surface area contributed by atoms with Crippen molar-refractivity contribution in [2.45, 2.75) is 57.8 Å². The average Bonchev–Trinajstić information content (AvgIpc) is 3.21. The van der Waals surface area contributed by atoms with Gasteiger partial charge in [-0.25, -0.2) is 24.3 Å². The van der Waals surface area contributed by atoms with Gasteiger partial charge in [0.05, 0.1) is 29.7 Å². The molecule has 1 saturated carbocycles. The molecule has 0 radical (unpaired) electrons. The van der Waals surface area contributed by atoms with Gasteiger partial charge in [-0.1, -0.05) is 0 Å². The van der Waals surface area contributed by atoms with Crippen LogP contribution >= 0.6 is 0 Å². The lowest BCUT2D eigenvalue weighted by molar-refractivity contribution is 0.0731. The van der Waals surface area contributed by atoms with E-state index >= 15 is 0 Å². The lowest BCUT2D eigenvalue weighted by atomic mass is 10.0. The van der Waals surface area contributed by atoms with Gasteiger partial charge in [0.2, 0.25) is 5.71 Å². The third-order valence-corrected chi connectivity index (χ3v) is 7.00. The van der Waals surface area contributed by atoms with Gasteiger partial charge in [-0.3, -0.25) is 4.79 Å². The van der Waals surface area contributed by atoms with E-state index in [1.165, 1.54) is 12.7 Å². The molecule has 0 aromatic carbocycles. The number of nitrogens with one attached hydrogen (secondary N) is 1. The van der Waals surface area contributed by atoms with Crippen LogP contribution in [-0.2, 0) is 13.0 Å². The van der Waals surface area contributed by atoms with Crippen LogP contribution in [0.25, 0.3) is 11.1 Å². The molecule has 33 heavy (non-hydrogen) atoms. The zero-order valence-electron chi connectivity index (χ0n) is 18.8. The third kappa shape index (κ3) is 3.48. The summed E-state index contributed by atoms with van der Waals surface area (Å²) in [6.45, 7) is 5.84. The Labute approximate surface area is 190 Å². The summed E-state index contributed by atoms with van der Waals surface area (Å²) in [5, 5.41) is 4.10. The lowest BCUT2D eigenvalue weighted by Gasteiger charge is -2.30. The monoisotopic (exact) mass is 451 g/mol. The van der Waals surface area contributed by atoms with Crippen molar-refractivity contribution in [2.24, 2.45) is 0 Å². The van der Waals surface area contributed by atoms with Gasteiger partial charge >= 0.3 is 0 Å². The first kappa shape index (κ1) is 20.3. The number of aryl methyl sites for hydroxylation is 1.